The van der Waals surface area contributed by atoms with E-state index in [1.54, 1.807) is 42.5 Å². The molecule has 0 aliphatic heterocycles. The Bertz CT molecular complexity index is 857. The number of amides is 1. The molecule has 2 aromatic carbocycles. The second-order valence-electron chi connectivity index (χ2n) is 4.73. The summed E-state index contributed by atoms with van der Waals surface area (Å²) in [5, 5.41) is 3.95. The molecule has 1 aromatic heterocycles. The number of halogens is 3. The Morgan fingerprint density at radius 3 is 2.39 bits per heavy atom. The third-order valence-electron chi connectivity index (χ3n) is 3.16. The molecule has 0 aliphatic carbocycles. The number of nitrogens with one attached hydrogen (secondary N) is 1. The topological polar surface area (TPSA) is 42.2 Å². The normalized spacial score (nSPS) is 10.6. The van der Waals surface area contributed by atoms with Crippen molar-refractivity contribution in [2.75, 3.05) is 5.32 Å². The molecule has 0 saturated carbocycles. The van der Waals surface area contributed by atoms with Crippen LogP contribution < -0.4 is 5.32 Å². The number of hydrogen-bond donors (Lipinski definition) is 1. The molecular weight excluding hydrogens is 357 g/mol. The predicted molar refractivity (Wildman–Crippen MR) is 93.6 cm³/mol. The summed E-state index contributed by atoms with van der Waals surface area (Å²) in [5.74, 6) is 0.337. The van der Waals surface area contributed by atoms with Crippen LogP contribution in [0.5, 0.6) is 0 Å². The molecule has 0 aliphatic rings. The van der Waals surface area contributed by atoms with E-state index in [1.807, 2.05) is 12.1 Å². The lowest BCUT2D eigenvalue weighted by atomic mass is 10.2. The zero-order chi connectivity index (χ0) is 16.4. The molecule has 0 atom stereocenters. The summed E-state index contributed by atoms with van der Waals surface area (Å²) in [6.07, 6.45) is 0. The van der Waals surface area contributed by atoms with Crippen molar-refractivity contribution >= 4 is 46.4 Å². The quantitative estimate of drug-likeness (QED) is 0.603. The van der Waals surface area contributed by atoms with Gasteiger partial charge in [0.15, 0.2) is 5.76 Å². The van der Waals surface area contributed by atoms with Crippen LogP contribution in [0, 0.1) is 0 Å². The van der Waals surface area contributed by atoms with Gasteiger partial charge in [-0.15, -0.1) is 0 Å². The molecule has 1 N–H and O–H groups in total. The summed E-state index contributed by atoms with van der Waals surface area (Å²) in [4.78, 5) is 12.2. The van der Waals surface area contributed by atoms with Gasteiger partial charge in [0, 0.05) is 10.6 Å². The zero-order valence-electron chi connectivity index (χ0n) is 11.6. The fraction of sp³-hybridized carbons (Fsp3) is 0. The Morgan fingerprint density at radius 2 is 1.65 bits per heavy atom. The van der Waals surface area contributed by atoms with Crippen LogP contribution in [0.1, 0.15) is 10.6 Å². The minimum Gasteiger partial charge on any atom is -0.451 e. The molecule has 23 heavy (non-hydrogen) atoms. The Balaban J connectivity index is 1.81. The van der Waals surface area contributed by atoms with E-state index in [0.29, 0.717) is 21.5 Å². The molecule has 0 spiro atoms. The highest BCUT2D eigenvalue weighted by Crippen LogP contribution is 2.30. The first-order valence-corrected chi connectivity index (χ1v) is 7.79. The standard InChI is InChI=1S/C17H10Cl3NO2/c18-11-6-4-10(5-7-11)14-8-9-15(23-14)17(22)21-13-3-1-2-12(19)16(13)20/h1-9H,(H,21,22). The fourth-order valence-electron chi connectivity index (χ4n) is 2.01. The second kappa shape index (κ2) is 6.67. The van der Waals surface area contributed by atoms with Crippen molar-refractivity contribution in [3.63, 3.8) is 0 Å². The fourth-order valence-corrected chi connectivity index (χ4v) is 2.49. The minimum atomic E-state index is -0.408. The van der Waals surface area contributed by atoms with E-state index < -0.39 is 5.91 Å². The first-order valence-electron chi connectivity index (χ1n) is 6.66. The summed E-state index contributed by atoms with van der Waals surface area (Å²) in [5.41, 5.74) is 1.25. The van der Waals surface area contributed by atoms with Crippen LogP contribution in [0.25, 0.3) is 11.3 Å². The molecule has 3 nitrogen and oxygen atoms in total. The molecule has 0 unspecified atom stereocenters. The van der Waals surface area contributed by atoms with Crippen molar-refractivity contribution < 1.29 is 9.21 Å². The lowest BCUT2D eigenvalue weighted by Crippen LogP contribution is -2.11. The second-order valence-corrected chi connectivity index (χ2v) is 5.95. The van der Waals surface area contributed by atoms with Gasteiger partial charge in [-0.1, -0.05) is 40.9 Å². The molecular formula is C17H10Cl3NO2. The van der Waals surface area contributed by atoms with E-state index >= 15 is 0 Å². The number of benzene rings is 2. The number of furan rings is 1. The maximum Gasteiger partial charge on any atom is 0.291 e. The highest BCUT2D eigenvalue weighted by molar-refractivity contribution is 6.44. The van der Waals surface area contributed by atoms with Gasteiger partial charge in [-0.25, -0.2) is 0 Å². The lowest BCUT2D eigenvalue weighted by Gasteiger charge is -2.06. The highest BCUT2D eigenvalue weighted by atomic mass is 35.5. The third kappa shape index (κ3) is 3.53. The van der Waals surface area contributed by atoms with Crippen LogP contribution in [0.4, 0.5) is 5.69 Å². The van der Waals surface area contributed by atoms with Gasteiger partial charge in [-0.3, -0.25) is 4.79 Å². The molecule has 0 fully saturated rings. The molecule has 3 aromatic rings. The molecule has 1 heterocycles. The van der Waals surface area contributed by atoms with Gasteiger partial charge >= 0.3 is 0 Å². The molecule has 0 bridgehead atoms. The molecule has 0 radical (unpaired) electrons. The van der Waals surface area contributed by atoms with Crippen molar-refractivity contribution in [2.45, 2.75) is 0 Å². The van der Waals surface area contributed by atoms with E-state index in [4.69, 9.17) is 39.2 Å². The van der Waals surface area contributed by atoms with Crippen molar-refractivity contribution in [3.05, 3.63) is 75.4 Å². The maximum absolute atomic E-state index is 12.2. The van der Waals surface area contributed by atoms with Gasteiger partial charge in [-0.05, 0) is 48.5 Å². The van der Waals surface area contributed by atoms with Crippen LogP contribution in [-0.2, 0) is 0 Å². The minimum absolute atomic E-state index is 0.172. The first-order chi connectivity index (χ1) is 11.0. The summed E-state index contributed by atoms with van der Waals surface area (Å²) < 4.78 is 5.58. The van der Waals surface area contributed by atoms with Gasteiger partial charge in [0.25, 0.3) is 5.91 Å². The van der Waals surface area contributed by atoms with E-state index in [2.05, 4.69) is 5.32 Å². The van der Waals surface area contributed by atoms with Crippen LogP contribution in [0.3, 0.4) is 0 Å². The Morgan fingerprint density at radius 1 is 0.913 bits per heavy atom. The van der Waals surface area contributed by atoms with E-state index in [1.165, 1.54) is 0 Å². The van der Waals surface area contributed by atoms with Gasteiger partial charge in [0.1, 0.15) is 5.76 Å². The average Bonchev–Trinajstić information content (AvgIpc) is 3.02. The maximum atomic E-state index is 12.2. The van der Waals surface area contributed by atoms with Crippen molar-refractivity contribution in [1.82, 2.24) is 0 Å². The van der Waals surface area contributed by atoms with E-state index in [-0.39, 0.29) is 10.8 Å². The molecule has 1 amide bonds. The van der Waals surface area contributed by atoms with Crippen molar-refractivity contribution in [2.24, 2.45) is 0 Å². The van der Waals surface area contributed by atoms with Crippen LogP contribution >= 0.6 is 34.8 Å². The average molecular weight is 367 g/mol. The van der Waals surface area contributed by atoms with Crippen molar-refractivity contribution in [1.29, 1.82) is 0 Å². The molecule has 3 rings (SSSR count). The summed E-state index contributed by atoms with van der Waals surface area (Å²) >= 11 is 17.8. The third-order valence-corrected chi connectivity index (χ3v) is 4.23. The van der Waals surface area contributed by atoms with E-state index in [0.717, 1.165) is 5.56 Å². The monoisotopic (exact) mass is 365 g/mol. The number of anilines is 1. The van der Waals surface area contributed by atoms with Gasteiger partial charge in [0.05, 0.1) is 15.7 Å². The van der Waals surface area contributed by atoms with Crippen LogP contribution in [0.2, 0.25) is 15.1 Å². The SMILES string of the molecule is O=C(Nc1cccc(Cl)c1Cl)c1ccc(-c2ccc(Cl)cc2)o1. The number of rotatable bonds is 3. The number of carbonyl (C=O) groups excluding carboxylic acids is 1. The van der Waals surface area contributed by atoms with Crippen LogP contribution in [0.15, 0.2) is 59.0 Å². The zero-order valence-corrected chi connectivity index (χ0v) is 13.9. The molecule has 0 saturated heterocycles. The summed E-state index contributed by atoms with van der Waals surface area (Å²) in [6.45, 7) is 0. The van der Waals surface area contributed by atoms with E-state index in [9.17, 15) is 4.79 Å². The largest absolute Gasteiger partial charge is 0.451 e. The first kappa shape index (κ1) is 15.9. The Labute approximate surface area is 147 Å². The van der Waals surface area contributed by atoms with Gasteiger partial charge < -0.3 is 9.73 Å². The van der Waals surface area contributed by atoms with Gasteiger partial charge in [-0.2, -0.15) is 0 Å². The summed E-state index contributed by atoms with van der Waals surface area (Å²) in [6, 6.07) is 15.5. The Hall–Kier alpha value is -1.94. The lowest BCUT2D eigenvalue weighted by molar-refractivity contribution is 0.0997. The predicted octanol–water partition coefficient (Wildman–Crippen LogP) is 6.16. The smallest absolute Gasteiger partial charge is 0.291 e. The number of carbonyl (C=O) groups is 1. The van der Waals surface area contributed by atoms with Gasteiger partial charge in [0.2, 0.25) is 0 Å². The number of hydrogen-bond acceptors (Lipinski definition) is 2. The molecule has 6 heteroatoms. The van der Waals surface area contributed by atoms with Crippen LogP contribution in [-0.4, -0.2) is 5.91 Å². The summed E-state index contributed by atoms with van der Waals surface area (Å²) in [7, 11) is 0. The highest BCUT2D eigenvalue weighted by Gasteiger charge is 2.14. The Kier molecular flexibility index (Phi) is 4.62. The van der Waals surface area contributed by atoms with Crippen molar-refractivity contribution in [3.8, 4) is 11.3 Å². The molecule has 116 valence electrons.